The summed E-state index contributed by atoms with van der Waals surface area (Å²) in [6.45, 7) is 1.84. The van der Waals surface area contributed by atoms with Crippen LogP contribution in [-0.2, 0) is 10.0 Å². The average Bonchev–Trinajstić information content (AvgIpc) is 2.19. The molecule has 1 rings (SSSR count). The molecule has 0 atom stereocenters. The van der Waals surface area contributed by atoms with E-state index < -0.39 is 10.0 Å². The van der Waals surface area contributed by atoms with Crippen molar-refractivity contribution in [1.29, 1.82) is 5.53 Å². The first-order chi connectivity index (χ1) is 7.55. The molecule has 0 unspecified atom stereocenters. The molecule has 0 aliphatic rings. The number of sulfonamides is 1. The molecule has 2 N–H and O–H groups in total. The van der Waals surface area contributed by atoms with Crippen molar-refractivity contribution in [3.05, 3.63) is 40.8 Å². The lowest BCUT2D eigenvalue weighted by Gasteiger charge is -2.05. The summed E-state index contributed by atoms with van der Waals surface area (Å²) >= 11 is 0. The normalized spacial score (nSPS) is 9.56. The van der Waals surface area contributed by atoms with Crippen molar-refractivity contribution >= 4 is 15.7 Å². The Hall–Kier alpha value is -1.72. The number of benzene rings is 1. The lowest BCUT2D eigenvalue weighted by molar-refractivity contribution is 0.600. The van der Waals surface area contributed by atoms with E-state index in [1.807, 2.05) is 13.0 Å². The minimum absolute atomic E-state index is 0.169. The van der Waals surface area contributed by atoms with Crippen LogP contribution in [0.2, 0.25) is 0 Å². The number of para-hydroxylation sites is 1. The molecule has 0 aliphatic heterocycles. The van der Waals surface area contributed by atoms with Crippen LogP contribution in [-0.4, -0.2) is 14.2 Å². The second-order valence-corrected chi connectivity index (χ2v) is 4.73. The van der Waals surface area contributed by atoms with E-state index in [1.165, 1.54) is 0 Å². The molecule has 0 bridgehead atoms. The SMILES string of the molecule is CCCS(=O)(=O)Nc1ccccc1.[N-]=[N+]=N. The fraction of sp³-hybridized carbons (Fsp3) is 0.333. The number of rotatable bonds is 4. The molecule has 0 aliphatic carbocycles. The van der Waals surface area contributed by atoms with Gasteiger partial charge in [0.25, 0.3) is 0 Å². The van der Waals surface area contributed by atoms with Gasteiger partial charge in [-0.2, -0.15) is 0 Å². The van der Waals surface area contributed by atoms with Crippen molar-refractivity contribution in [2.24, 2.45) is 0 Å². The number of nitrogens with zero attached hydrogens (tertiary/aromatic N) is 2. The zero-order valence-electron chi connectivity index (χ0n) is 8.92. The summed E-state index contributed by atoms with van der Waals surface area (Å²) in [4.78, 5) is 1.75. The summed E-state index contributed by atoms with van der Waals surface area (Å²) in [6.07, 6.45) is 0.627. The van der Waals surface area contributed by atoms with Crippen molar-refractivity contribution in [3.8, 4) is 0 Å². The molecule has 0 spiro atoms. The van der Waals surface area contributed by atoms with E-state index in [-0.39, 0.29) is 5.75 Å². The third-order valence-electron chi connectivity index (χ3n) is 1.52. The van der Waals surface area contributed by atoms with Gasteiger partial charge in [0, 0.05) is 5.69 Å². The second kappa shape index (κ2) is 7.56. The van der Waals surface area contributed by atoms with Gasteiger partial charge < -0.3 is 0 Å². The van der Waals surface area contributed by atoms with Crippen molar-refractivity contribution in [2.45, 2.75) is 13.3 Å². The summed E-state index contributed by atoms with van der Waals surface area (Å²) < 4.78 is 25.1. The van der Waals surface area contributed by atoms with E-state index in [0.717, 1.165) is 0 Å². The van der Waals surface area contributed by atoms with Gasteiger partial charge in [-0.1, -0.05) is 25.1 Å². The molecule has 0 radical (unpaired) electrons. The predicted octanol–water partition coefficient (Wildman–Crippen LogP) is 2.71. The van der Waals surface area contributed by atoms with Crippen LogP contribution in [0.25, 0.3) is 10.4 Å². The van der Waals surface area contributed by atoms with Gasteiger partial charge in [-0.05, 0) is 29.0 Å². The van der Waals surface area contributed by atoms with Crippen LogP contribution in [0.4, 0.5) is 5.69 Å². The molecule has 6 nitrogen and oxygen atoms in total. The van der Waals surface area contributed by atoms with E-state index in [9.17, 15) is 8.42 Å². The first-order valence-electron chi connectivity index (χ1n) is 4.62. The van der Waals surface area contributed by atoms with Gasteiger partial charge in [-0.15, -0.1) is 5.53 Å². The molecule has 0 aromatic heterocycles. The van der Waals surface area contributed by atoms with E-state index in [4.69, 9.17) is 11.1 Å². The Morgan fingerprint density at radius 2 is 1.88 bits per heavy atom. The number of nitrogens with one attached hydrogen (secondary N) is 2. The van der Waals surface area contributed by atoms with Gasteiger partial charge >= 0.3 is 0 Å². The van der Waals surface area contributed by atoms with E-state index in [1.54, 1.807) is 29.2 Å². The molecule has 0 fully saturated rings. The van der Waals surface area contributed by atoms with Crippen LogP contribution in [0, 0.1) is 5.53 Å². The quantitative estimate of drug-likeness (QED) is 0.481. The molecule has 1 aromatic rings. The lowest BCUT2D eigenvalue weighted by atomic mass is 10.3. The minimum Gasteiger partial charge on any atom is -0.284 e. The lowest BCUT2D eigenvalue weighted by Crippen LogP contribution is -2.15. The summed E-state index contributed by atoms with van der Waals surface area (Å²) in [5.41, 5.74) is 12.9. The molecule has 0 saturated carbocycles. The molecule has 0 heterocycles. The second-order valence-electron chi connectivity index (χ2n) is 2.89. The molecule has 16 heavy (non-hydrogen) atoms. The highest BCUT2D eigenvalue weighted by Crippen LogP contribution is 2.08. The Morgan fingerprint density at radius 1 is 1.38 bits per heavy atom. The monoisotopic (exact) mass is 242 g/mol. The average molecular weight is 242 g/mol. The van der Waals surface area contributed by atoms with Crippen LogP contribution >= 0.6 is 0 Å². The van der Waals surface area contributed by atoms with Crippen molar-refractivity contribution in [3.63, 3.8) is 0 Å². The fourth-order valence-corrected chi connectivity index (χ4v) is 2.14. The maximum atomic E-state index is 11.3. The van der Waals surface area contributed by atoms with E-state index in [2.05, 4.69) is 4.72 Å². The minimum atomic E-state index is -3.13. The first-order valence-corrected chi connectivity index (χ1v) is 6.27. The fourth-order valence-electron chi connectivity index (χ4n) is 1.01. The maximum Gasteiger partial charge on any atom is 0.232 e. The zero-order valence-corrected chi connectivity index (χ0v) is 9.74. The Balaban J connectivity index is 0.000000673. The predicted molar refractivity (Wildman–Crippen MR) is 63.6 cm³/mol. The molecular formula is C9H14N4O2S. The van der Waals surface area contributed by atoms with E-state index >= 15 is 0 Å². The molecular weight excluding hydrogens is 228 g/mol. The van der Waals surface area contributed by atoms with Gasteiger partial charge in [0.1, 0.15) is 0 Å². The van der Waals surface area contributed by atoms with Crippen LogP contribution in [0.5, 0.6) is 0 Å². The van der Waals surface area contributed by atoms with Crippen LogP contribution in [0.15, 0.2) is 30.3 Å². The van der Waals surface area contributed by atoms with Crippen LogP contribution < -0.4 is 4.72 Å². The van der Waals surface area contributed by atoms with Gasteiger partial charge in [0.2, 0.25) is 10.0 Å². The topological polar surface area (TPSA) is 106 Å². The largest absolute Gasteiger partial charge is 0.284 e. The van der Waals surface area contributed by atoms with Crippen molar-refractivity contribution in [2.75, 3.05) is 10.5 Å². The zero-order chi connectivity index (χ0) is 12.4. The first kappa shape index (κ1) is 14.3. The van der Waals surface area contributed by atoms with Gasteiger partial charge in [0.15, 0.2) is 0 Å². The third-order valence-corrected chi connectivity index (χ3v) is 3.01. The maximum absolute atomic E-state index is 11.3. The van der Waals surface area contributed by atoms with Gasteiger partial charge in [-0.3, -0.25) is 4.72 Å². The number of hydrogen-bond acceptors (Lipinski definition) is 3. The summed E-state index contributed by atoms with van der Waals surface area (Å²) in [7, 11) is -3.13. The molecule has 7 heteroatoms. The highest BCUT2D eigenvalue weighted by Gasteiger charge is 2.07. The van der Waals surface area contributed by atoms with E-state index in [0.29, 0.717) is 12.1 Å². The van der Waals surface area contributed by atoms with Gasteiger partial charge in [0.05, 0.1) is 5.75 Å². The summed E-state index contributed by atoms with van der Waals surface area (Å²) in [5, 5.41) is 0. The summed E-state index contributed by atoms with van der Waals surface area (Å²) in [6, 6.07) is 8.89. The Labute approximate surface area is 94.8 Å². The molecule has 0 amide bonds. The Morgan fingerprint density at radius 3 is 2.31 bits per heavy atom. The number of hydrogen-bond donors (Lipinski definition) is 2. The summed E-state index contributed by atoms with van der Waals surface area (Å²) in [5.74, 6) is 0.169. The smallest absolute Gasteiger partial charge is 0.232 e. The Kier molecular flexibility index (Phi) is 6.74. The van der Waals surface area contributed by atoms with Crippen molar-refractivity contribution < 1.29 is 8.42 Å². The highest BCUT2D eigenvalue weighted by molar-refractivity contribution is 7.92. The molecule has 1 aromatic carbocycles. The van der Waals surface area contributed by atoms with Crippen molar-refractivity contribution in [1.82, 2.24) is 0 Å². The van der Waals surface area contributed by atoms with Crippen LogP contribution in [0.3, 0.4) is 0 Å². The van der Waals surface area contributed by atoms with Crippen LogP contribution in [0.1, 0.15) is 13.3 Å². The number of anilines is 1. The molecule has 88 valence electrons. The third kappa shape index (κ3) is 6.69. The highest BCUT2D eigenvalue weighted by atomic mass is 32.2. The standard InChI is InChI=1S/C9H13NO2S.HN3/c1-2-8-13(11,12)10-9-6-4-3-5-7-9;1-3-2/h3-7,10H,2,8H2,1H3;1H. The Bertz CT molecular complexity index is 424. The molecule has 0 saturated heterocycles. The van der Waals surface area contributed by atoms with Gasteiger partial charge in [-0.25, -0.2) is 8.42 Å².